The van der Waals surface area contributed by atoms with E-state index in [0.29, 0.717) is 5.75 Å². The normalized spacial score (nSPS) is 9.76. The molecule has 0 radical (unpaired) electrons. The zero-order chi connectivity index (χ0) is 15.4. The average molecular weight is 287 g/mol. The Labute approximate surface area is 119 Å². The monoisotopic (exact) mass is 287 g/mol. The lowest BCUT2D eigenvalue weighted by Crippen LogP contribution is -2.01. The molecule has 2 rings (SSSR count). The zero-order valence-corrected chi connectivity index (χ0v) is 11.0. The Balaban J connectivity index is 2.49. The first-order valence-electron chi connectivity index (χ1n) is 5.84. The van der Waals surface area contributed by atoms with E-state index in [-0.39, 0.29) is 22.6 Å². The summed E-state index contributed by atoms with van der Waals surface area (Å²) in [5.41, 5.74) is -0.0282. The van der Waals surface area contributed by atoms with Crippen LogP contribution in [0.1, 0.15) is 15.9 Å². The van der Waals surface area contributed by atoms with E-state index >= 15 is 0 Å². The second kappa shape index (κ2) is 5.92. The number of benzene rings is 2. The van der Waals surface area contributed by atoms with Crippen LogP contribution in [0.4, 0.5) is 4.39 Å². The van der Waals surface area contributed by atoms with Crippen molar-refractivity contribution in [3.8, 4) is 23.3 Å². The number of carboxylic acids is 1. The number of carbonyl (C=O) groups is 1. The molecular formula is C15H10FNO4. The molecule has 0 atom stereocenters. The van der Waals surface area contributed by atoms with Gasteiger partial charge in [0, 0.05) is 12.1 Å². The van der Waals surface area contributed by atoms with E-state index in [1.165, 1.54) is 19.2 Å². The van der Waals surface area contributed by atoms with Crippen LogP contribution in [0.3, 0.4) is 0 Å². The van der Waals surface area contributed by atoms with E-state index in [0.717, 1.165) is 18.2 Å². The summed E-state index contributed by atoms with van der Waals surface area (Å²) in [6.07, 6.45) is 0. The van der Waals surface area contributed by atoms with Gasteiger partial charge in [0.25, 0.3) is 0 Å². The molecule has 0 aromatic heterocycles. The van der Waals surface area contributed by atoms with E-state index < -0.39 is 11.8 Å². The molecule has 0 saturated carbocycles. The van der Waals surface area contributed by atoms with Gasteiger partial charge in [0.2, 0.25) is 0 Å². The van der Waals surface area contributed by atoms with Crippen LogP contribution in [0.15, 0.2) is 36.4 Å². The quantitative estimate of drug-likeness (QED) is 0.934. The lowest BCUT2D eigenvalue weighted by atomic mass is 10.2. The van der Waals surface area contributed by atoms with Crippen molar-refractivity contribution in [2.45, 2.75) is 0 Å². The molecule has 0 aliphatic carbocycles. The van der Waals surface area contributed by atoms with E-state index in [1.807, 2.05) is 6.07 Å². The molecule has 106 valence electrons. The SMILES string of the molecule is COc1ccc(C#N)c(Oc2cc(F)ccc2C(=O)O)c1. The lowest BCUT2D eigenvalue weighted by Gasteiger charge is -2.11. The molecule has 2 aromatic carbocycles. The molecule has 6 heteroatoms. The number of nitrogens with zero attached hydrogens (tertiary/aromatic N) is 1. The average Bonchev–Trinajstić information content (AvgIpc) is 2.47. The number of methoxy groups -OCH3 is 1. The minimum Gasteiger partial charge on any atom is -0.497 e. The van der Waals surface area contributed by atoms with Crippen molar-refractivity contribution in [3.63, 3.8) is 0 Å². The highest BCUT2D eigenvalue weighted by atomic mass is 19.1. The molecule has 0 aliphatic heterocycles. The molecule has 0 heterocycles. The van der Waals surface area contributed by atoms with Crippen molar-refractivity contribution in [2.75, 3.05) is 7.11 Å². The molecule has 1 N–H and O–H groups in total. The fraction of sp³-hybridized carbons (Fsp3) is 0.0667. The van der Waals surface area contributed by atoms with Gasteiger partial charge in [-0.15, -0.1) is 0 Å². The number of hydrogen-bond acceptors (Lipinski definition) is 4. The van der Waals surface area contributed by atoms with Gasteiger partial charge in [0.15, 0.2) is 0 Å². The summed E-state index contributed by atoms with van der Waals surface area (Å²) in [5.74, 6) is -1.57. The van der Waals surface area contributed by atoms with Crippen molar-refractivity contribution in [1.82, 2.24) is 0 Å². The van der Waals surface area contributed by atoms with Gasteiger partial charge in [0.1, 0.15) is 34.7 Å². The summed E-state index contributed by atoms with van der Waals surface area (Å²) >= 11 is 0. The molecule has 5 nitrogen and oxygen atoms in total. The first-order valence-corrected chi connectivity index (χ1v) is 5.84. The smallest absolute Gasteiger partial charge is 0.339 e. The van der Waals surface area contributed by atoms with E-state index in [2.05, 4.69) is 0 Å². The zero-order valence-electron chi connectivity index (χ0n) is 11.0. The van der Waals surface area contributed by atoms with Crippen LogP contribution in [0, 0.1) is 17.1 Å². The summed E-state index contributed by atoms with van der Waals surface area (Å²) in [7, 11) is 1.44. The third-order valence-electron chi connectivity index (χ3n) is 2.70. The van der Waals surface area contributed by atoms with Crippen molar-refractivity contribution in [1.29, 1.82) is 5.26 Å². The van der Waals surface area contributed by atoms with Crippen molar-refractivity contribution in [2.24, 2.45) is 0 Å². The fourth-order valence-electron chi connectivity index (χ4n) is 1.68. The van der Waals surface area contributed by atoms with E-state index in [1.54, 1.807) is 6.07 Å². The third-order valence-corrected chi connectivity index (χ3v) is 2.70. The molecule has 0 aliphatic rings. The highest BCUT2D eigenvalue weighted by molar-refractivity contribution is 5.91. The summed E-state index contributed by atoms with van der Waals surface area (Å²) in [6.45, 7) is 0. The standard InChI is InChI=1S/C15H10FNO4/c1-20-11-4-2-9(8-17)13(7-11)21-14-6-10(16)3-5-12(14)15(18)19/h2-7H,1H3,(H,18,19). The van der Waals surface area contributed by atoms with Crippen LogP contribution in [0.5, 0.6) is 17.2 Å². The van der Waals surface area contributed by atoms with Gasteiger partial charge in [0.05, 0.1) is 12.7 Å². The van der Waals surface area contributed by atoms with E-state index in [9.17, 15) is 9.18 Å². The van der Waals surface area contributed by atoms with Gasteiger partial charge < -0.3 is 14.6 Å². The predicted octanol–water partition coefficient (Wildman–Crippen LogP) is 3.20. The molecule has 21 heavy (non-hydrogen) atoms. The van der Waals surface area contributed by atoms with Gasteiger partial charge >= 0.3 is 5.97 Å². The Hall–Kier alpha value is -3.07. The second-order valence-electron chi connectivity index (χ2n) is 4.02. The molecule has 0 fully saturated rings. The maximum absolute atomic E-state index is 13.3. The molecule has 0 bridgehead atoms. The summed E-state index contributed by atoms with van der Waals surface area (Å²) in [6, 6.07) is 9.43. The van der Waals surface area contributed by atoms with Crippen LogP contribution in [-0.2, 0) is 0 Å². The fourth-order valence-corrected chi connectivity index (χ4v) is 1.68. The van der Waals surface area contributed by atoms with Crippen LogP contribution >= 0.6 is 0 Å². The number of ether oxygens (including phenoxy) is 2. The Morgan fingerprint density at radius 2 is 2.00 bits per heavy atom. The van der Waals surface area contributed by atoms with Crippen LogP contribution in [-0.4, -0.2) is 18.2 Å². The van der Waals surface area contributed by atoms with Crippen LogP contribution in [0.2, 0.25) is 0 Å². The molecule has 2 aromatic rings. The predicted molar refractivity (Wildman–Crippen MR) is 71.1 cm³/mol. The Bertz CT molecular complexity index is 737. The molecule has 0 amide bonds. The van der Waals surface area contributed by atoms with Gasteiger partial charge in [-0.1, -0.05) is 0 Å². The highest BCUT2D eigenvalue weighted by Crippen LogP contribution is 2.31. The van der Waals surface area contributed by atoms with Crippen molar-refractivity contribution >= 4 is 5.97 Å². The number of rotatable bonds is 4. The topological polar surface area (TPSA) is 79.5 Å². The first kappa shape index (κ1) is 14.3. The number of halogens is 1. The maximum Gasteiger partial charge on any atom is 0.339 e. The lowest BCUT2D eigenvalue weighted by molar-refractivity contribution is 0.0694. The number of nitriles is 1. The molecule has 0 unspecified atom stereocenters. The highest BCUT2D eigenvalue weighted by Gasteiger charge is 2.15. The van der Waals surface area contributed by atoms with Crippen LogP contribution < -0.4 is 9.47 Å². The van der Waals surface area contributed by atoms with Gasteiger partial charge in [-0.2, -0.15) is 5.26 Å². The van der Waals surface area contributed by atoms with Gasteiger partial charge in [-0.05, 0) is 24.3 Å². The van der Waals surface area contributed by atoms with Crippen molar-refractivity contribution < 1.29 is 23.8 Å². The molecule has 0 spiro atoms. The minimum atomic E-state index is -1.26. The Morgan fingerprint density at radius 1 is 1.24 bits per heavy atom. The third kappa shape index (κ3) is 3.09. The number of aromatic carboxylic acids is 1. The summed E-state index contributed by atoms with van der Waals surface area (Å²) in [4.78, 5) is 11.1. The Morgan fingerprint density at radius 3 is 2.62 bits per heavy atom. The first-order chi connectivity index (χ1) is 10.0. The number of carboxylic acid groups (broad SMARTS) is 1. The van der Waals surface area contributed by atoms with Gasteiger partial charge in [-0.3, -0.25) is 0 Å². The molecule has 0 saturated heterocycles. The van der Waals surface area contributed by atoms with Gasteiger partial charge in [-0.25, -0.2) is 9.18 Å². The summed E-state index contributed by atoms with van der Waals surface area (Å²) < 4.78 is 23.7. The minimum absolute atomic E-state index is 0.0879. The Kier molecular flexibility index (Phi) is 4.05. The van der Waals surface area contributed by atoms with Crippen LogP contribution in [0.25, 0.3) is 0 Å². The van der Waals surface area contributed by atoms with E-state index in [4.69, 9.17) is 19.8 Å². The van der Waals surface area contributed by atoms with Crippen molar-refractivity contribution in [3.05, 3.63) is 53.3 Å². The molecular weight excluding hydrogens is 277 g/mol. The number of hydrogen-bond donors (Lipinski definition) is 1. The summed E-state index contributed by atoms with van der Waals surface area (Å²) in [5, 5.41) is 18.1. The largest absolute Gasteiger partial charge is 0.497 e. The second-order valence-corrected chi connectivity index (χ2v) is 4.02. The maximum atomic E-state index is 13.3.